The quantitative estimate of drug-likeness (QED) is 0.613. The van der Waals surface area contributed by atoms with Gasteiger partial charge in [0.15, 0.2) is 0 Å². The fraction of sp³-hybridized carbons (Fsp3) is 0.462. The van der Waals surface area contributed by atoms with Gasteiger partial charge in [-0.1, -0.05) is 0 Å². The maximum atomic E-state index is 11.2. The normalized spacial score (nSPS) is 14.9. The summed E-state index contributed by atoms with van der Waals surface area (Å²) in [4.78, 5) is 11.0. The van der Waals surface area contributed by atoms with Crippen molar-refractivity contribution in [2.24, 2.45) is 11.1 Å². The molecule has 1 aromatic carbocycles. The maximum Gasteiger partial charge on any atom is 0.337 e. The molecule has 0 amide bonds. The highest BCUT2D eigenvalue weighted by Gasteiger charge is 2.21. The lowest BCUT2D eigenvalue weighted by atomic mass is 10.2. The number of rotatable bonds is 8. The molecule has 0 atom stereocenters. The Bertz CT molecular complexity index is 625. The number of hydrogen-bond donors (Lipinski definition) is 3. The smallest absolute Gasteiger partial charge is 0.337 e. The number of hydrogen-bond acceptors (Lipinski definition) is 5. The number of benzene rings is 1. The predicted molar refractivity (Wildman–Crippen MR) is 76.8 cm³/mol. The molecule has 8 heteroatoms. The Morgan fingerprint density at radius 1 is 1.43 bits per heavy atom. The SMILES string of the molecule is NS(=O)(=O)c1ccc(NCCOCC2CC2)c(C(=O)O)c1. The van der Waals surface area contributed by atoms with Gasteiger partial charge >= 0.3 is 5.97 Å². The molecule has 0 unspecified atom stereocenters. The van der Waals surface area contributed by atoms with Gasteiger partial charge in [-0.25, -0.2) is 18.4 Å². The molecule has 116 valence electrons. The third-order valence-electron chi connectivity index (χ3n) is 3.16. The molecule has 1 saturated carbocycles. The molecule has 0 spiro atoms. The molecule has 1 aromatic rings. The van der Waals surface area contributed by atoms with Crippen LogP contribution < -0.4 is 10.5 Å². The van der Waals surface area contributed by atoms with Crippen LogP contribution in [0, 0.1) is 5.92 Å². The van der Waals surface area contributed by atoms with E-state index in [0.29, 0.717) is 24.8 Å². The molecule has 1 aliphatic rings. The van der Waals surface area contributed by atoms with Crippen molar-refractivity contribution in [3.8, 4) is 0 Å². The number of primary sulfonamides is 1. The molecule has 21 heavy (non-hydrogen) atoms. The summed E-state index contributed by atoms with van der Waals surface area (Å²) in [5, 5.41) is 17.0. The second kappa shape index (κ2) is 6.42. The van der Waals surface area contributed by atoms with E-state index in [1.807, 2.05) is 0 Å². The van der Waals surface area contributed by atoms with E-state index < -0.39 is 16.0 Å². The van der Waals surface area contributed by atoms with E-state index in [0.717, 1.165) is 12.7 Å². The first kappa shape index (κ1) is 15.7. The van der Waals surface area contributed by atoms with Crippen molar-refractivity contribution >= 4 is 21.7 Å². The van der Waals surface area contributed by atoms with E-state index in [4.69, 9.17) is 15.0 Å². The highest BCUT2D eigenvalue weighted by Crippen LogP contribution is 2.28. The number of nitrogens with two attached hydrogens (primary N) is 1. The van der Waals surface area contributed by atoms with E-state index in [1.54, 1.807) is 0 Å². The number of carbonyl (C=O) groups is 1. The van der Waals surface area contributed by atoms with Gasteiger partial charge in [0.05, 0.1) is 17.1 Å². The van der Waals surface area contributed by atoms with Crippen molar-refractivity contribution in [1.29, 1.82) is 0 Å². The summed E-state index contributed by atoms with van der Waals surface area (Å²) in [5.74, 6) is -0.546. The first-order valence-corrected chi connectivity index (χ1v) is 8.14. The largest absolute Gasteiger partial charge is 0.478 e. The molecule has 0 heterocycles. The van der Waals surface area contributed by atoms with Gasteiger partial charge in [-0.2, -0.15) is 0 Å². The van der Waals surface area contributed by atoms with Gasteiger partial charge in [0.25, 0.3) is 0 Å². The number of carboxylic acids is 1. The van der Waals surface area contributed by atoms with Crippen LogP contribution in [0.5, 0.6) is 0 Å². The van der Waals surface area contributed by atoms with Gasteiger partial charge in [-0.15, -0.1) is 0 Å². The Hall–Kier alpha value is -1.64. The van der Waals surface area contributed by atoms with Crippen LogP contribution in [0.15, 0.2) is 23.1 Å². The summed E-state index contributed by atoms with van der Waals surface area (Å²) in [6.45, 7) is 1.64. The zero-order chi connectivity index (χ0) is 15.5. The molecule has 7 nitrogen and oxygen atoms in total. The molecule has 0 radical (unpaired) electrons. The lowest BCUT2D eigenvalue weighted by Gasteiger charge is -2.11. The van der Waals surface area contributed by atoms with E-state index in [-0.39, 0.29) is 10.5 Å². The van der Waals surface area contributed by atoms with Crippen molar-refractivity contribution < 1.29 is 23.1 Å². The summed E-state index contributed by atoms with van der Waals surface area (Å²) in [6.07, 6.45) is 2.43. The molecule has 0 aromatic heterocycles. The summed E-state index contributed by atoms with van der Waals surface area (Å²) < 4.78 is 27.9. The standard InChI is InChI=1S/C13H18N2O5S/c14-21(18,19)10-3-4-12(11(7-10)13(16)17)15-5-6-20-8-9-1-2-9/h3-4,7,9,15H,1-2,5-6,8H2,(H,16,17)(H2,14,18,19). The Morgan fingerprint density at radius 3 is 2.71 bits per heavy atom. The van der Waals surface area contributed by atoms with Crippen LogP contribution in [0.1, 0.15) is 23.2 Å². The number of anilines is 1. The predicted octanol–water partition coefficient (Wildman–Crippen LogP) is 0.871. The topological polar surface area (TPSA) is 119 Å². The number of aromatic carboxylic acids is 1. The van der Waals surface area contributed by atoms with Gasteiger partial charge in [-0.05, 0) is 37.0 Å². The molecule has 0 bridgehead atoms. The molecule has 2 rings (SSSR count). The summed E-state index contributed by atoms with van der Waals surface area (Å²) in [6, 6.07) is 3.71. The summed E-state index contributed by atoms with van der Waals surface area (Å²) in [7, 11) is -3.92. The Balaban J connectivity index is 1.98. The Kier molecular flexibility index (Phi) is 4.81. The lowest BCUT2D eigenvalue weighted by molar-refractivity contribution is 0.0697. The van der Waals surface area contributed by atoms with Crippen molar-refractivity contribution in [2.45, 2.75) is 17.7 Å². The number of carboxylic acid groups (broad SMARTS) is 1. The molecular weight excluding hydrogens is 296 g/mol. The number of nitrogens with one attached hydrogen (secondary N) is 1. The highest BCUT2D eigenvalue weighted by molar-refractivity contribution is 7.89. The van der Waals surface area contributed by atoms with Crippen LogP contribution >= 0.6 is 0 Å². The first-order chi connectivity index (χ1) is 9.88. The summed E-state index contributed by atoms with van der Waals surface area (Å²) in [5.41, 5.74) is 0.202. The monoisotopic (exact) mass is 314 g/mol. The summed E-state index contributed by atoms with van der Waals surface area (Å²) >= 11 is 0. The minimum atomic E-state index is -3.92. The second-order valence-corrected chi connectivity index (χ2v) is 6.56. The van der Waals surface area contributed by atoms with Crippen LogP contribution in [0.3, 0.4) is 0 Å². The Labute approximate surface area is 123 Å². The first-order valence-electron chi connectivity index (χ1n) is 6.59. The zero-order valence-electron chi connectivity index (χ0n) is 11.4. The third kappa shape index (κ3) is 4.69. The van der Waals surface area contributed by atoms with E-state index in [1.165, 1.54) is 25.0 Å². The maximum absolute atomic E-state index is 11.2. The van der Waals surface area contributed by atoms with Crippen LogP contribution in [-0.2, 0) is 14.8 Å². The number of sulfonamides is 1. The molecule has 4 N–H and O–H groups in total. The van der Waals surface area contributed by atoms with Crippen LogP contribution in [0.4, 0.5) is 5.69 Å². The molecular formula is C13H18N2O5S. The highest BCUT2D eigenvalue weighted by atomic mass is 32.2. The van der Waals surface area contributed by atoms with Gasteiger partial charge in [0.1, 0.15) is 0 Å². The van der Waals surface area contributed by atoms with Crippen molar-refractivity contribution in [3.05, 3.63) is 23.8 Å². The molecule has 1 aliphatic carbocycles. The van der Waals surface area contributed by atoms with E-state index in [9.17, 15) is 13.2 Å². The van der Waals surface area contributed by atoms with E-state index >= 15 is 0 Å². The van der Waals surface area contributed by atoms with Crippen LogP contribution in [0.2, 0.25) is 0 Å². The van der Waals surface area contributed by atoms with Crippen LogP contribution in [-0.4, -0.2) is 39.3 Å². The minimum Gasteiger partial charge on any atom is -0.478 e. The van der Waals surface area contributed by atoms with Gasteiger partial charge < -0.3 is 15.2 Å². The second-order valence-electron chi connectivity index (χ2n) is 5.00. The fourth-order valence-electron chi connectivity index (χ4n) is 1.82. The fourth-order valence-corrected chi connectivity index (χ4v) is 2.36. The van der Waals surface area contributed by atoms with Gasteiger partial charge in [0.2, 0.25) is 10.0 Å². The lowest BCUT2D eigenvalue weighted by Crippen LogP contribution is -2.16. The van der Waals surface area contributed by atoms with Crippen molar-refractivity contribution in [3.63, 3.8) is 0 Å². The van der Waals surface area contributed by atoms with Gasteiger partial charge in [-0.3, -0.25) is 0 Å². The number of ether oxygens (including phenoxy) is 1. The average Bonchev–Trinajstić information content (AvgIpc) is 3.21. The third-order valence-corrected chi connectivity index (χ3v) is 4.07. The molecule has 1 fully saturated rings. The van der Waals surface area contributed by atoms with Crippen molar-refractivity contribution in [2.75, 3.05) is 25.1 Å². The van der Waals surface area contributed by atoms with Crippen LogP contribution in [0.25, 0.3) is 0 Å². The van der Waals surface area contributed by atoms with Crippen molar-refractivity contribution in [1.82, 2.24) is 0 Å². The zero-order valence-corrected chi connectivity index (χ0v) is 12.2. The van der Waals surface area contributed by atoms with E-state index in [2.05, 4.69) is 5.32 Å². The molecule has 0 saturated heterocycles. The average molecular weight is 314 g/mol. The Morgan fingerprint density at radius 2 is 2.14 bits per heavy atom. The van der Waals surface area contributed by atoms with Gasteiger partial charge in [0, 0.05) is 18.8 Å². The molecule has 0 aliphatic heterocycles. The minimum absolute atomic E-state index is 0.135.